The number of nitrogens with zero attached hydrogens (tertiary/aromatic N) is 4. The van der Waals surface area contributed by atoms with E-state index in [9.17, 15) is 9.90 Å². The molecule has 0 atom stereocenters. The predicted molar refractivity (Wildman–Crippen MR) is 86.8 cm³/mol. The quantitative estimate of drug-likeness (QED) is 0.935. The SMILES string of the molecule is CN(CC1(O)CCCC1)C(=O)c1ccc(-c2ncn(C)n2)cc1. The fourth-order valence-electron chi connectivity index (χ4n) is 3.16. The van der Waals surface area contributed by atoms with Gasteiger partial charge in [-0.05, 0) is 25.0 Å². The highest BCUT2D eigenvalue weighted by Gasteiger charge is 2.33. The van der Waals surface area contributed by atoms with Gasteiger partial charge in [-0.15, -0.1) is 0 Å². The van der Waals surface area contributed by atoms with Crippen molar-refractivity contribution in [1.29, 1.82) is 0 Å². The monoisotopic (exact) mass is 314 g/mol. The molecular formula is C17H22N4O2. The molecule has 1 aromatic carbocycles. The van der Waals surface area contributed by atoms with E-state index < -0.39 is 5.60 Å². The molecule has 1 aliphatic carbocycles. The number of aryl methyl sites for hydroxylation is 1. The minimum absolute atomic E-state index is 0.0779. The number of carbonyl (C=O) groups is 1. The molecule has 1 saturated carbocycles. The maximum atomic E-state index is 12.5. The zero-order valence-corrected chi connectivity index (χ0v) is 13.6. The van der Waals surface area contributed by atoms with E-state index >= 15 is 0 Å². The molecule has 1 aromatic heterocycles. The van der Waals surface area contributed by atoms with Crippen molar-refractivity contribution in [2.45, 2.75) is 31.3 Å². The third-order valence-corrected chi connectivity index (χ3v) is 4.40. The largest absolute Gasteiger partial charge is 0.388 e. The third-order valence-electron chi connectivity index (χ3n) is 4.40. The molecule has 0 unspecified atom stereocenters. The topological polar surface area (TPSA) is 71.2 Å². The Morgan fingerprint density at radius 3 is 2.52 bits per heavy atom. The van der Waals surface area contributed by atoms with Crippen LogP contribution in [0.5, 0.6) is 0 Å². The molecule has 1 amide bonds. The number of amides is 1. The van der Waals surface area contributed by atoms with Gasteiger partial charge >= 0.3 is 0 Å². The first kappa shape index (κ1) is 15.7. The Balaban J connectivity index is 1.69. The fourth-order valence-corrected chi connectivity index (χ4v) is 3.16. The molecule has 0 aliphatic heterocycles. The van der Waals surface area contributed by atoms with E-state index in [2.05, 4.69) is 10.1 Å². The second-order valence-corrected chi connectivity index (χ2v) is 6.41. The number of rotatable bonds is 4. The summed E-state index contributed by atoms with van der Waals surface area (Å²) in [5.74, 6) is 0.561. The number of hydrogen-bond acceptors (Lipinski definition) is 4. The summed E-state index contributed by atoms with van der Waals surface area (Å²) in [7, 11) is 3.56. The van der Waals surface area contributed by atoms with Gasteiger partial charge in [0.1, 0.15) is 6.33 Å². The lowest BCUT2D eigenvalue weighted by molar-refractivity contribution is 0.0157. The molecule has 0 bridgehead atoms. The van der Waals surface area contributed by atoms with E-state index in [4.69, 9.17) is 0 Å². The molecule has 0 radical (unpaired) electrons. The van der Waals surface area contributed by atoms with Gasteiger partial charge in [-0.2, -0.15) is 5.10 Å². The number of aliphatic hydroxyl groups is 1. The van der Waals surface area contributed by atoms with Gasteiger partial charge in [-0.25, -0.2) is 4.98 Å². The van der Waals surface area contributed by atoms with Crippen LogP contribution >= 0.6 is 0 Å². The van der Waals surface area contributed by atoms with Crippen molar-refractivity contribution in [2.75, 3.05) is 13.6 Å². The Morgan fingerprint density at radius 2 is 1.96 bits per heavy atom. The van der Waals surface area contributed by atoms with Gasteiger partial charge in [0.2, 0.25) is 0 Å². The van der Waals surface area contributed by atoms with Gasteiger partial charge in [0.25, 0.3) is 5.91 Å². The number of benzene rings is 1. The first-order valence-electron chi connectivity index (χ1n) is 7.91. The molecule has 6 heteroatoms. The lowest BCUT2D eigenvalue weighted by Crippen LogP contribution is -2.42. The maximum Gasteiger partial charge on any atom is 0.253 e. The summed E-state index contributed by atoms with van der Waals surface area (Å²) in [6, 6.07) is 7.26. The van der Waals surface area contributed by atoms with Crippen LogP contribution in [0.3, 0.4) is 0 Å². The highest BCUT2D eigenvalue weighted by atomic mass is 16.3. The molecular weight excluding hydrogens is 292 g/mol. The minimum atomic E-state index is -0.720. The molecule has 1 aliphatic rings. The lowest BCUT2D eigenvalue weighted by Gasteiger charge is -2.28. The summed E-state index contributed by atoms with van der Waals surface area (Å²) < 4.78 is 1.64. The standard InChI is InChI=1S/C17H22N4O2/c1-20(11-17(23)9-3-4-10-17)16(22)14-7-5-13(6-8-14)15-18-12-21(2)19-15/h5-8,12,23H,3-4,9-11H2,1-2H3. The molecule has 0 spiro atoms. The Morgan fingerprint density at radius 1 is 1.30 bits per heavy atom. The van der Waals surface area contributed by atoms with Gasteiger partial charge in [0, 0.05) is 31.8 Å². The molecule has 6 nitrogen and oxygen atoms in total. The van der Waals surface area contributed by atoms with Crippen LogP contribution in [-0.2, 0) is 7.05 Å². The van der Waals surface area contributed by atoms with Crippen LogP contribution < -0.4 is 0 Å². The maximum absolute atomic E-state index is 12.5. The summed E-state index contributed by atoms with van der Waals surface area (Å²) >= 11 is 0. The molecule has 1 fully saturated rings. The van der Waals surface area contributed by atoms with Crippen molar-refractivity contribution in [3.05, 3.63) is 36.2 Å². The van der Waals surface area contributed by atoms with Crippen molar-refractivity contribution < 1.29 is 9.90 Å². The van der Waals surface area contributed by atoms with Gasteiger partial charge in [-0.3, -0.25) is 9.48 Å². The summed E-state index contributed by atoms with van der Waals surface area (Å²) in [5.41, 5.74) is 0.760. The van der Waals surface area contributed by atoms with Crippen molar-refractivity contribution in [1.82, 2.24) is 19.7 Å². The van der Waals surface area contributed by atoms with Crippen molar-refractivity contribution in [3.8, 4) is 11.4 Å². The van der Waals surface area contributed by atoms with Crippen molar-refractivity contribution in [2.24, 2.45) is 7.05 Å². The Hall–Kier alpha value is -2.21. The Bertz CT molecular complexity index is 687. The van der Waals surface area contributed by atoms with Crippen LogP contribution in [0.2, 0.25) is 0 Å². The zero-order chi connectivity index (χ0) is 16.4. The van der Waals surface area contributed by atoms with Crippen LogP contribution in [-0.4, -0.2) is 49.9 Å². The Kier molecular flexibility index (Phi) is 4.17. The number of aromatic nitrogens is 3. The lowest BCUT2D eigenvalue weighted by atomic mass is 10.0. The normalized spacial score (nSPS) is 16.5. The summed E-state index contributed by atoms with van der Waals surface area (Å²) in [6.45, 7) is 0.384. The molecule has 122 valence electrons. The predicted octanol–water partition coefficient (Wildman–Crippen LogP) is 1.86. The zero-order valence-electron chi connectivity index (χ0n) is 13.6. The molecule has 1 heterocycles. The van der Waals surface area contributed by atoms with Crippen LogP contribution in [0.4, 0.5) is 0 Å². The first-order chi connectivity index (χ1) is 11.0. The second kappa shape index (κ2) is 6.12. The molecule has 2 aromatic rings. The highest BCUT2D eigenvalue weighted by molar-refractivity contribution is 5.94. The fraction of sp³-hybridized carbons (Fsp3) is 0.471. The van der Waals surface area contributed by atoms with Gasteiger partial charge < -0.3 is 10.0 Å². The number of carbonyl (C=O) groups excluding carboxylic acids is 1. The van der Waals surface area contributed by atoms with E-state index in [1.165, 1.54) is 0 Å². The van der Waals surface area contributed by atoms with Crippen LogP contribution in [0.1, 0.15) is 36.0 Å². The number of hydrogen-bond donors (Lipinski definition) is 1. The van der Waals surface area contributed by atoms with E-state index in [0.717, 1.165) is 31.2 Å². The molecule has 1 N–H and O–H groups in total. The van der Waals surface area contributed by atoms with E-state index in [0.29, 0.717) is 17.9 Å². The van der Waals surface area contributed by atoms with E-state index in [1.54, 1.807) is 35.1 Å². The van der Waals surface area contributed by atoms with Gasteiger partial charge in [0.05, 0.1) is 5.60 Å². The Labute approximate surface area is 135 Å². The van der Waals surface area contributed by atoms with Crippen LogP contribution in [0.25, 0.3) is 11.4 Å². The summed E-state index contributed by atoms with van der Waals surface area (Å²) in [5, 5.41) is 14.7. The van der Waals surface area contributed by atoms with Crippen LogP contribution in [0.15, 0.2) is 30.6 Å². The molecule has 23 heavy (non-hydrogen) atoms. The smallest absolute Gasteiger partial charge is 0.253 e. The summed E-state index contributed by atoms with van der Waals surface area (Å²) in [6.07, 6.45) is 5.25. The average molecular weight is 314 g/mol. The second-order valence-electron chi connectivity index (χ2n) is 6.41. The number of likely N-dealkylation sites (N-methyl/N-ethyl adjacent to an activating group) is 1. The first-order valence-corrected chi connectivity index (χ1v) is 7.91. The minimum Gasteiger partial charge on any atom is -0.388 e. The molecule has 0 saturated heterocycles. The van der Waals surface area contributed by atoms with Crippen molar-refractivity contribution in [3.63, 3.8) is 0 Å². The van der Waals surface area contributed by atoms with Gasteiger partial charge in [0.15, 0.2) is 5.82 Å². The van der Waals surface area contributed by atoms with Crippen molar-refractivity contribution >= 4 is 5.91 Å². The average Bonchev–Trinajstić information content (AvgIpc) is 3.15. The van der Waals surface area contributed by atoms with E-state index in [1.807, 2.05) is 19.2 Å². The van der Waals surface area contributed by atoms with Gasteiger partial charge in [-0.1, -0.05) is 25.0 Å². The van der Waals surface area contributed by atoms with Crippen LogP contribution in [0, 0.1) is 0 Å². The third kappa shape index (κ3) is 3.42. The molecule has 3 rings (SSSR count). The summed E-state index contributed by atoms with van der Waals surface area (Å²) in [4.78, 5) is 18.3. The highest BCUT2D eigenvalue weighted by Crippen LogP contribution is 2.30. The van der Waals surface area contributed by atoms with E-state index in [-0.39, 0.29) is 5.91 Å².